The van der Waals surface area contributed by atoms with Crippen LogP contribution in [0, 0.1) is 46.3 Å². The molecule has 0 heterocycles. The molecule has 1 N–H and O–H groups in total. The lowest BCUT2D eigenvalue weighted by Gasteiger charge is -2.58. The number of benzene rings is 1. The van der Waals surface area contributed by atoms with E-state index in [2.05, 4.69) is 76.3 Å². The quantitative estimate of drug-likeness (QED) is 0.399. The van der Waals surface area contributed by atoms with Crippen molar-refractivity contribution >= 4 is 5.69 Å². The molecule has 1 aromatic carbocycles. The molecule has 0 aliphatic heterocycles. The first kappa shape index (κ1) is 24.5. The van der Waals surface area contributed by atoms with Gasteiger partial charge >= 0.3 is 0 Å². The number of hydrogen-bond donors (Lipinski definition) is 1. The van der Waals surface area contributed by atoms with Gasteiger partial charge in [0.2, 0.25) is 0 Å². The summed E-state index contributed by atoms with van der Waals surface area (Å²) < 4.78 is 0. The Morgan fingerprint density at radius 3 is 2.47 bits per heavy atom. The lowest BCUT2D eigenvalue weighted by atomic mass is 9.47. The van der Waals surface area contributed by atoms with E-state index in [1.165, 1.54) is 76.3 Å². The molecular formula is C33H51N. The van der Waals surface area contributed by atoms with Gasteiger partial charge in [0.25, 0.3) is 0 Å². The summed E-state index contributed by atoms with van der Waals surface area (Å²) in [6, 6.07) is 11.5. The van der Waals surface area contributed by atoms with E-state index in [9.17, 15) is 0 Å². The Morgan fingerprint density at radius 1 is 0.912 bits per heavy atom. The van der Waals surface area contributed by atoms with Gasteiger partial charge in [0, 0.05) is 11.7 Å². The fourth-order valence-electron chi connectivity index (χ4n) is 9.58. The standard InChI is InChI=1S/C33H51N/c1-23(2)10-9-11-24(3)29-16-17-30-28-15-14-25-22-27(34-26-12-7-6-8-13-26)18-20-32(25,4)31(28)19-21-33(29,30)5/h6-8,12-14,23-24,27-31,34H,9-11,15-22H2,1-5H3/t24-,27?,28?,29-,30?,31?,32+,33-/m1/s1. The minimum Gasteiger partial charge on any atom is -0.382 e. The molecule has 8 atom stereocenters. The molecule has 0 bridgehead atoms. The number of allylic oxidation sites excluding steroid dienone is 1. The Bertz CT molecular complexity index is 855. The maximum atomic E-state index is 3.85. The van der Waals surface area contributed by atoms with E-state index in [1.54, 1.807) is 5.57 Å². The molecule has 0 saturated heterocycles. The maximum absolute atomic E-state index is 3.85. The van der Waals surface area contributed by atoms with E-state index in [-0.39, 0.29) is 0 Å². The highest BCUT2D eigenvalue weighted by atomic mass is 14.9. The molecular weight excluding hydrogens is 410 g/mol. The van der Waals surface area contributed by atoms with Gasteiger partial charge in [-0.2, -0.15) is 0 Å². The summed E-state index contributed by atoms with van der Waals surface area (Å²) in [6.07, 6.45) is 18.4. The summed E-state index contributed by atoms with van der Waals surface area (Å²) >= 11 is 0. The third kappa shape index (κ3) is 4.39. The van der Waals surface area contributed by atoms with Crippen LogP contribution in [0.25, 0.3) is 0 Å². The number of hydrogen-bond acceptors (Lipinski definition) is 1. The lowest BCUT2D eigenvalue weighted by Crippen LogP contribution is -2.51. The van der Waals surface area contributed by atoms with E-state index in [1.807, 2.05) is 0 Å². The smallest absolute Gasteiger partial charge is 0.0342 e. The molecule has 3 fully saturated rings. The van der Waals surface area contributed by atoms with E-state index < -0.39 is 0 Å². The van der Waals surface area contributed by atoms with Crippen LogP contribution < -0.4 is 5.32 Å². The SMILES string of the molecule is CC(C)CCC[C@@H](C)[C@H]1CCC2C3CC=C4CC(Nc5ccccc5)CC[C@]4(C)C3CC[C@@]21C. The van der Waals surface area contributed by atoms with Gasteiger partial charge < -0.3 is 5.32 Å². The zero-order chi connectivity index (χ0) is 23.9. The topological polar surface area (TPSA) is 12.0 Å². The van der Waals surface area contributed by atoms with Gasteiger partial charge in [-0.3, -0.25) is 0 Å². The third-order valence-corrected chi connectivity index (χ3v) is 11.4. The highest BCUT2D eigenvalue weighted by Gasteiger charge is 2.59. The van der Waals surface area contributed by atoms with Crippen LogP contribution >= 0.6 is 0 Å². The predicted molar refractivity (Wildman–Crippen MR) is 147 cm³/mol. The average Bonchev–Trinajstić information content (AvgIpc) is 3.17. The molecule has 0 spiro atoms. The highest BCUT2D eigenvalue weighted by molar-refractivity contribution is 5.44. The molecule has 4 aliphatic carbocycles. The average molecular weight is 462 g/mol. The van der Waals surface area contributed by atoms with E-state index in [4.69, 9.17) is 0 Å². The predicted octanol–water partition coefficient (Wildman–Crippen LogP) is 9.51. The lowest BCUT2D eigenvalue weighted by molar-refractivity contribution is -0.0505. The van der Waals surface area contributed by atoms with Crippen LogP contribution in [0.15, 0.2) is 42.0 Å². The van der Waals surface area contributed by atoms with Gasteiger partial charge in [-0.25, -0.2) is 0 Å². The van der Waals surface area contributed by atoms with Crippen molar-refractivity contribution in [2.45, 2.75) is 111 Å². The van der Waals surface area contributed by atoms with Gasteiger partial charge in [0.1, 0.15) is 0 Å². The second kappa shape index (κ2) is 9.67. The summed E-state index contributed by atoms with van der Waals surface area (Å²) in [6.45, 7) is 12.8. The Morgan fingerprint density at radius 2 is 1.71 bits per heavy atom. The minimum atomic E-state index is 0.458. The van der Waals surface area contributed by atoms with Crippen LogP contribution in [-0.2, 0) is 0 Å². The van der Waals surface area contributed by atoms with Crippen molar-refractivity contribution < 1.29 is 0 Å². The second-order valence-corrected chi connectivity index (χ2v) is 13.7. The summed E-state index contributed by atoms with van der Waals surface area (Å²) in [5.74, 6) is 5.58. The molecule has 3 saturated carbocycles. The van der Waals surface area contributed by atoms with E-state index in [0.717, 1.165) is 35.5 Å². The fraction of sp³-hybridized carbons (Fsp3) is 0.758. The first-order chi connectivity index (χ1) is 16.3. The number of fused-ring (bicyclic) bond motifs is 5. The molecule has 5 rings (SSSR count). The van der Waals surface area contributed by atoms with Crippen LogP contribution in [0.4, 0.5) is 5.69 Å². The number of para-hydroxylation sites is 1. The van der Waals surface area contributed by atoms with Gasteiger partial charge in [0.05, 0.1) is 0 Å². The molecule has 1 nitrogen and oxygen atoms in total. The third-order valence-electron chi connectivity index (χ3n) is 11.4. The summed E-state index contributed by atoms with van der Waals surface area (Å²) in [5.41, 5.74) is 4.15. The Labute approximate surface area is 210 Å². The number of rotatable bonds is 7. The Kier molecular flexibility index (Phi) is 6.95. The molecule has 0 amide bonds. The summed E-state index contributed by atoms with van der Waals surface area (Å²) in [4.78, 5) is 0. The van der Waals surface area contributed by atoms with Crippen molar-refractivity contribution in [2.24, 2.45) is 46.3 Å². The van der Waals surface area contributed by atoms with Gasteiger partial charge in [-0.05, 0) is 110 Å². The highest BCUT2D eigenvalue weighted by Crippen LogP contribution is 2.67. The zero-order valence-electron chi connectivity index (χ0n) is 22.8. The molecule has 34 heavy (non-hydrogen) atoms. The number of anilines is 1. The Balaban J connectivity index is 1.27. The van der Waals surface area contributed by atoms with Gasteiger partial charge in [0.15, 0.2) is 0 Å². The monoisotopic (exact) mass is 461 g/mol. The van der Waals surface area contributed by atoms with Gasteiger partial charge in [-0.15, -0.1) is 0 Å². The zero-order valence-corrected chi connectivity index (χ0v) is 22.8. The van der Waals surface area contributed by atoms with E-state index in [0.29, 0.717) is 16.9 Å². The first-order valence-corrected chi connectivity index (χ1v) is 14.8. The molecule has 188 valence electrons. The maximum Gasteiger partial charge on any atom is 0.0342 e. The first-order valence-electron chi connectivity index (χ1n) is 14.8. The molecule has 1 heteroatoms. The summed E-state index contributed by atoms with van der Waals surface area (Å²) in [5, 5.41) is 3.85. The van der Waals surface area contributed by atoms with Crippen LogP contribution in [0.1, 0.15) is 105 Å². The Hall–Kier alpha value is -1.24. The molecule has 4 unspecified atom stereocenters. The van der Waals surface area contributed by atoms with Crippen molar-refractivity contribution in [2.75, 3.05) is 5.32 Å². The molecule has 1 aromatic rings. The normalized spacial score (nSPS) is 40.2. The number of nitrogens with one attached hydrogen (secondary N) is 1. The van der Waals surface area contributed by atoms with Crippen molar-refractivity contribution in [3.63, 3.8) is 0 Å². The summed E-state index contributed by atoms with van der Waals surface area (Å²) in [7, 11) is 0. The van der Waals surface area contributed by atoms with E-state index >= 15 is 0 Å². The van der Waals surface area contributed by atoms with Crippen LogP contribution in [0.2, 0.25) is 0 Å². The molecule has 4 aliphatic rings. The van der Waals surface area contributed by atoms with Crippen LogP contribution in [-0.4, -0.2) is 6.04 Å². The van der Waals surface area contributed by atoms with Crippen molar-refractivity contribution in [3.8, 4) is 0 Å². The van der Waals surface area contributed by atoms with Gasteiger partial charge in [-0.1, -0.05) is 83.7 Å². The van der Waals surface area contributed by atoms with Crippen LogP contribution in [0.5, 0.6) is 0 Å². The minimum absolute atomic E-state index is 0.458. The molecule has 0 radical (unpaired) electrons. The van der Waals surface area contributed by atoms with Crippen molar-refractivity contribution in [1.82, 2.24) is 0 Å². The molecule has 0 aromatic heterocycles. The van der Waals surface area contributed by atoms with Crippen molar-refractivity contribution in [1.29, 1.82) is 0 Å². The van der Waals surface area contributed by atoms with Crippen molar-refractivity contribution in [3.05, 3.63) is 42.0 Å². The van der Waals surface area contributed by atoms with Crippen LogP contribution in [0.3, 0.4) is 0 Å². The fourth-order valence-corrected chi connectivity index (χ4v) is 9.58. The second-order valence-electron chi connectivity index (χ2n) is 13.7. The largest absolute Gasteiger partial charge is 0.382 e.